The van der Waals surface area contributed by atoms with Gasteiger partial charge in [0.2, 0.25) is 0 Å². The summed E-state index contributed by atoms with van der Waals surface area (Å²) in [5.41, 5.74) is 4.23. The molecule has 0 spiro atoms. The summed E-state index contributed by atoms with van der Waals surface area (Å²) in [5.74, 6) is -0.103. The fraction of sp³-hybridized carbons (Fsp3) is 0.318. The number of ether oxygens (including phenoxy) is 1. The third-order valence-corrected chi connectivity index (χ3v) is 7.42. The number of hydrogen-bond donors (Lipinski definition) is 0. The van der Waals surface area contributed by atoms with Crippen LogP contribution in [0.1, 0.15) is 33.8 Å². The number of rotatable bonds is 4. The molecule has 1 unspecified atom stereocenters. The number of hydrogen-bond acceptors (Lipinski definition) is 6. The lowest BCUT2D eigenvalue weighted by atomic mass is 10.1. The van der Waals surface area contributed by atoms with E-state index in [0.717, 1.165) is 39.9 Å². The smallest absolute Gasteiger partial charge is 0.289 e. The van der Waals surface area contributed by atoms with Gasteiger partial charge in [0.1, 0.15) is 0 Å². The molecule has 5 nitrogen and oxygen atoms in total. The molecule has 1 atom stereocenters. The number of nitrogens with zero attached hydrogens (tertiary/aromatic N) is 3. The first-order valence-electron chi connectivity index (χ1n) is 9.75. The van der Waals surface area contributed by atoms with Crippen molar-refractivity contribution in [2.45, 2.75) is 32.8 Å². The van der Waals surface area contributed by atoms with Crippen molar-refractivity contribution in [2.75, 3.05) is 18.1 Å². The van der Waals surface area contributed by atoms with Crippen molar-refractivity contribution in [3.8, 4) is 0 Å². The lowest BCUT2D eigenvalue weighted by molar-refractivity contribution is 0.0917. The average Bonchev–Trinajstić information content (AvgIpc) is 3.45. The highest BCUT2D eigenvalue weighted by atomic mass is 32.1. The van der Waals surface area contributed by atoms with E-state index in [0.29, 0.717) is 16.7 Å². The fourth-order valence-corrected chi connectivity index (χ4v) is 5.57. The van der Waals surface area contributed by atoms with Crippen LogP contribution in [0.5, 0.6) is 0 Å². The maximum absolute atomic E-state index is 13.5. The third kappa shape index (κ3) is 3.54. The van der Waals surface area contributed by atoms with Gasteiger partial charge < -0.3 is 4.74 Å². The molecule has 0 aliphatic carbocycles. The summed E-state index contributed by atoms with van der Waals surface area (Å²) in [6, 6.07) is 12.1. The SMILES string of the molecule is Cc1cc2nc(N(CC3CCCO3)C(=O)c3nc4ccccc4s3)sc2cc1C. The van der Waals surface area contributed by atoms with Crippen LogP contribution in [0.4, 0.5) is 5.13 Å². The molecule has 2 aromatic carbocycles. The van der Waals surface area contributed by atoms with Crippen molar-refractivity contribution in [1.82, 2.24) is 9.97 Å². The molecule has 3 heterocycles. The van der Waals surface area contributed by atoms with Crippen molar-refractivity contribution >= 4 is 54.1 Å². The van der Waals surface area contributed by atoms with Crippen molar-refractivity contribution in [3.63, 3.8) is 0 Å². The molecule has 1 aliphatic rings. The lowest BCUT2D eigenvalue weighted by Crippen LogP contribution is -2.37. The number of carbonyl (C=O) groups excluding carboxylic acids is 1. The van der Waals surface area contributed by atoms with Crippen LogP contribution in [0.2, 0.25) is 0 Å². The number of aryl methyl sites for hydroxylation is 2. The summed E-state index contributed by atoms with van der Waals surface area (Å²) in [5, 5.41) is 1.21. The van der Waals surface area contributed by atoms with Crippen LogP contribution in [0.15, 0.2) is 36.4 Å². The van der Waals surface area contributed by atoms with E-state index in [4.69, 9.17) is 9.72 Å². The molecule has 2 aromatic heterocycles. The number of aromatic nitrogens is 2. The molecule has 148 valence electrons. The number of para-hydroxylation sites is 1. The van der Waals surface area contributed by atoms with E-state index in [1.54, 1.807) is 16.2 Å². The predicted octanol–water partition coefficient (Wildman–Crippen LogP) is 5.35. The Bertz CT molecular complexity index is 1140. The van der Waals surface area contributed by atoms with Crippen molar-refractivity contribution in [1.29, 1.82) is 0 Å². The molecule has 1 amide bonds. The van der Waals surface area contributed by atoms with Gasteiger partial charge in [-0.3, -0.25) is 9.69 Å². The predicted molar refractivity (Wildman–Crippen MR) is 119 cm³/mol. The highest BCUT2D eigenvalue weighted by molar-refractivity contribution is 7.23. The summed E-state index contributed by atoms with van der Waals surface area (Å²) >= 11 is 2.99. The van der Waals surface area contributed by atoms with Gasteiger partial charge in [0.15, 0.2) is 10.1 Å². The van der Waals surface area contributed by atoms with Crippen molar-refractivity contribution < 1.29 is 9.53 Å². The highest BCUT2D eigenvalue weighted by Crippen LogP contribution is 2.33. The second kappa shape index (κ2) is 7.48. The van der Waals surface area contributed by atoms with E-state index in [2.05, 4.69) is 31.0 Å². The number of amides is 1. The van der Waals surface area contributed by atoms with Gasteiger partial charge in [-0.05, 0) is 62.1 Å². The van der Waals surface area contributed by atoms with Gasteiger partial charge in [-0.15, -0.1) is 11.3 Å². The molecular weight excluding hydrogens is 402 g/mol. The zero-order valence-corrected chi connectivity index (χ0v) is 18.0. The van der Waals surface area contributed by atoms with E-state index >= 15 is 0 Å². The third-order valence-electron chi connectivity index (χ3n) is 5.36. The summed E-state index contributed by atoms with van der Waals surface area (Å²) in [7, 11) is 0. The van der Waals surface area contributed by atoms with Gasteiger partial charge in [0.05, 0.1) is 33.1 Å². The van der Waals surface area contributed by atoms with E-state index < -0.39 is 0 Å². The monoisotopic (exact) mass is 423 g/mol. The highest BCUT2D eigenvalue weighted by Gasteiger charge is 2.29. The molecule has 1 aliphatic heterocycles. The molecule has 4 aromatic rings. The zero-order chi connectivity index (χ0) is 20.0. The van der Waals surface area contributed by atoms with Crippen LogP contribution >= 0.6 is 22.7 Å². The summed E-state index contributed by atoms with van der Waals surface area (Å²) in [4.78, 5) is 24.6. The van der Waals surface area contributed by atoms with Gasteiger partial charge in [-0.25, -0.2) is 9.97 Å². The molecule has 5 rings (SSSR count). The van der Waals surface area contributed by atoms with Gasteiger partial charge in [0, 0.05) is 6.61 Å². The second-order valence-corrected chi connectivity index (χ2v) is 9.48. The molecule has 0 radical (unpaired) electrons. The number of carbonyl (C=O) groups is 1. The number of fused-ring (bicyclic) bond motifs is 2. The molecule has 1 fully saturated rings. The second-order valence-electron chi connectivity index (χ2n) is 7.44. The Morgan fingerprint density at radius 3 is 2.72 bits per heavy atom. The molecule has 0 saturated carbocycles. The van der Waals surface area contributed by atoms with Crippen molar-refractivity contribution in [3.05, 3.63) is 52.5 Å². The number of benzene rings is 2. The normalized spacial score (nSPS) is 16.7. The first kappa shape index (κ1) is 18.7. The number of thiazole rings is 2. The lowest BCUT2D eigenvalue weighted by Gasteiger charge is -2.22. The molecular formula is C22H21N3O2S2. The van der Waals surface area contributed by atoms with Gasteiger partial charge in [-0.2, -0.15) is 0 Å². The van der Waals surface area contributed by atoms with Crippen LogP contribution in [-0.2, 0) is 4.74 Å². The largest absolute Gasteiger partial charge is 0.376 e. The Morgan fingerprint density at radius 2 is 1.93 bits per heavy atom. The van der Waals surface area contributed by atoms with Crippen LogP contribution < -0.4 is 4.90 Å². The average molecular weight is 424 g/mol. The summed E-state index contributed by atoms with van der Waals surface area (Å²) < 4.78 is 7.94. The molecule has 0 N–H and O–H groups in total. The Balaban J connectivity index is 1.56. The minimum absolute atomic E-state index is 0.0452. The van der Waals surface area contributed by atoms with Gasteiger partial charge >= 0.3 is 0 Å². The van der Waals surface area contributed by atoms with Crippen LogP contribution in [0.25, 0.3) is 20.4 Å². The van der Waals surface area contributed by atoms with Crippen molar-refractivity contribution in [2.24, 2.45) is 0 Å². The fourth-order valence-electron chi connectivity index (χ4n) is 3.60. The van der Waals surface area contributed by atoms with E-state index in [-0.39, 0.29) is 12.0 Å². The van der Waals surface area contributed by atoms with E-state index in [1.165, 1.54) is 22.5 Å². The molecule has 1 saturated heterocycles. The Hall–Kier alpha value is -2.35. The van der Waals surface area contributed by atoms with Gasteiger partial charge in [-0.1, -0.05) is 23.5 Å². The van der Waals surface area contributed by atoms with E-state index in [1.807, 2.05) is 24.3 Å². The molecule has 7 heteroatoms. The molecule has 0 bridgehead atoms. The summed E-state index contributed by atoms with van der Waals surface area (Å²) in [6.07, 6.45) is 2.04. The maximum atomic E-state index is 13.5. The Labute approximate surface area is 177 Å². The zero-order valence-electron chi connectivity index (χ0n) is 16.3. The Kier molecular flexibility index (Phi) is 4.81. The van der Waals surface area contributed by atoms with Gasteiger partial charge in [0.25, 0.3) is 5.91 Å². The Morgan fingerprint density at radius 1 is 1.10 bits per heavy atom. The standard InChI is InChI=1S/C22H21N3O2S2/c1-13-10-17-19(11-14(13)2)29-22(24-17)25(12-15-6-5-9-27-15)21(26)20-23-16-7-3-4-8-18(16)28-20/h3-4,7-8,10-11,15H,5-6,9,12H2,1-2H3. The first-order valence-corrected chi connectivity index (χ1v) is 11.4. The van der Waals surface area contributed by atoms with Crippen LogP contribution in [0.3, 0.4) is 0 Å². The molecule has 29 heavy (non-hydrogen) atoms. The topological polar surface area (TPSA) is 55.3 Å². The minimum atomic E-state index is -0.103. The minimum Gasteiger partial charge on any atom is -0.376 e. The summed E-state index contributed by atoms with van der Waals surface area (Å²) in [6.45, 7) is 5.45. The van der Waals surface area contributed by atoms with E-state index in [9.17, 15) is 4.79 Å². The number of anilines is 1. The quantitative estimate of drug-likeness (QED) is 0.444. The van der Waals surface area contributed by atoms with Crippen LogP contribution in [-0.4, -0.2) is 35.1 Å². The van der Waals surface area contributed by atoms with Crippen LogP contribution in [0, 0.1) is 13.8 Å². The maximum Gasteiger partial charge on any atom is 0.289 e. The first-order chi connectivity index (χ1) is 14.1.